The largest absolute Gasteiger partial charge is 0.361 e. The molecule has 0 saturated heterocycles. The minimum atomic E-state index is -3.87. The number of carbonyl (C=O) groups excluding carboxylic acids is 1. The average Bonchev–Trinajstić information content (AvgIpc) is 2.66. The van der Waals surface area contributed by atoms with Crippen LogP contribution in [0.3, 0.4) is 0 Å². The van der Waals surface area contributed by atoms with Gasteiger partial charge >= 0.3 is 0 Å². The minimum Gasteiger partial charge on any atom is -0.361 e. The summed E-state index contributed by atoms with van der Waals surface area (Å²) in [5, 5.41) is 4.76. The number of hydrogen-bond donors (Lipinski definition) is 2. The number of carbonyl (C=O) groups is 1. The number of nitrogens with one attached hydrogen (secondary N) is 2. The predicted octanol–water partition coefficient (Wildman–Crippen LogP) is 3.42. The van der Waals surface area contributed by atoms with Gasteiger partial charge in [-0.3, -0.25) is 4.79 Å². The van der Waals surface area contributed by atoms with Crippen LogP contribution in [0, 0.1) is 6.92 Å². The van der Waals surface area contributed by atoms with Gasteiger partial charge in [0, 0.05) is 5.69 Å². The molecule has 4 rings (SSSR count). The Bertz CT molecular complexity index is 964. The van der Waals surface area contributed by atoms with Crippen LogP contribution >= 0.6 is 0 Å². The molecule has 1 aliphatic heterocycles. The van der Waals surface area contributed by atoms with E-state index >= 15 is 0 Å². The molecular weight excluding hydrogens is 362 g/mol. The molecule has 1 aliphatic carbocycles. The number of amides is 1. The second-order valence-corrected chi connectivity index (χ2v) is 8.97. The summed E-state index contributed by atoms with van der Waals surface area (Å²) in [6.45, 7) is 1.90. The fraction of sp³-hybridized carbons (Fsp3) is 0.350. The molecule has 2 N–H and O–H groups in total. The molecular formula is C20H23N3O3S. The Hall–Kier alpha value is -2.38. The number of benzene rings is 2. The van der Waals surface area contributed by atoms with Crippen LogP contribution in [0.25, 0.3) is 0 Å². The summed E-state index contributed by atoms with van der Waals surface area (Å²) >= 11 is 0. The van der Waals surface area contributed by atoms with Gasteiger partial charge in [-0.25, -0.2) is 13.4 Å². The van der Waals surface area contributed by atoms with Crippen LogP contribution in [0.4, 0.5) is 5.69 Å². The predicted molar refractivity (Wildman–Crippen MR) is 104 cm³/mol. The van der Waals surface area contributed by atoms with Crippen molar-refractivity contribution in [3.05, 3.63) is 59.7 Å². The van der Waals surface area contributed by atoms with Crippen LogP contribution in [0.1, 0.15) is 48.0 Å². The molecule has 1 fully saturated rings. The number of anilines is 1. The quantitative estimate of drug-likeness (QED) is 0.849. The van der Waals surface area contributed by atoms with E-state index in [1.165, 1.54) is 5.01 Å². The van der Waals surface area contributed by atoms with Crippen LogP contribution in [0.15, 0.2) is 53.4 Å². The molecule has 0 aromatic heterocycles. The number of rotatable bonds is 3. The molecule has 0 atom stereocenters. The summed E-state index contributed by atoms with van der Waals surface area (Å²) < 4.78 is 25.9. The Morgan fingerprint density at radius 2 is 1.67 bits per heavy atom. The maximum Gasteiger partial charge on any atom is 0.273 e. The molecule has 0 radical (unpaired) electrons. The Morgan fingerprint density at radius 1 is 1.00 bits per heavy atom. The van der Waals surface area contributed by atoms with E-state index in [2.05, 4.69) is 10.1 Å². The van der Waals surface area contributed by atoms with Crippen LogP contribution in [-0.4, -0.2) is 25.0 Å². The Morgan fingerprint density at radius 3 is 2.37 bits per heavy atom. The van der Waals surface area contributed by atoms with Gasteiger partial charge in [0.25, 0.3) is 15.9 Å². The van der Waals surface area contributed by atoms with Crippen molar-refractivity contribution in [3.8, 4) is 0 Å². The molecule has 1 spiro atoms. The lowest BCUT2D eigenvalue weighted by Crippen LogP contribution is -2.66. The average molecular weight is 385 g/mol. The number of sulfonamides is 1. The van der Waals surface area contributed by atoms with Crippen molar-refractivity contribution in [1.82, 2.24) is 9.84 Å². The highest BCUT2D eigenvalue weighted by Gasteiger charge is 2.47. The summed E-state index contributed by atoms with van der Waals surface area (Å²) in [5.41, 5.74) is 1.47. The highest BCUT2D eigenvalue weighted by atomic mass is 32.2. The van der Waals surface area contributed by atoms with Crippen LogP contribution in [-0.2, 0) is 10.0 Å². The zero-order valence-electron chi connectivity index (χ0n) is 15.2. The van der Waals surface area contributed by atoms with Crippen molar-refractivity contribution >= 4 is 21.6 Å². The molecule has 2 aromatic carbocycles. The van der Waals surface area contributed by atoms with E-state index in [1.54, 1.807) is 36.4 Å². The van der Waals surface area contributed by atoms with Gasteiger partial charge in [0.1, 0.15) is 5.66 Å². The van der Waals surface area contributed by atoms with E-state index in [1.807, 2.05) is 19.1 Å². The van der Waals surface area contributed by atoms with Crippen LogP contribution < -0.4 is 10.1 Å². The van der Waals surface area contributed by atoms with Gasteiger partial charge in [-0.15, -0.1) is 4.83 Å². The van der Waals surface area contributed by atoms with Crippen molar-refractivity contribution in [1.29, 1.82) is 0 Å². The summed E-state index contributed by atoms with van der Waals surface area (Å²) in [6, 6.07) is 13.9. The first-order valence-corrected chi connectivity index (χ1v) is 10.7. The maximum atomic E-state index is 13.2. The van der Waals surface area contributed by atoms with Crippen LogP contribution in [0.5, 0.6) is 0 Å². The smallest absolute Gasteiger partial charge is 0.273 e. The third-order valence-corrected chi connectivity index (χ3v) is 6.70. The number of nitrogens with zero attached hydrogens (tertiary/aromatic N) is 1. The molecule has 27 heavy (non-hydrogen) atoms. The molecule has 142 valence electrons. The fourth-order valence-electron chi connectivity index (χ4n) is 3.90. The van der Waals surface area contributed by atoms with Crippen molar-refractivity contribution < 1.29 is 13.2 Å². The van der Waals surface area contributed by atoms with Gasteiger partial charge in [0.15, 0.2) is 0 Å². The maximum absolute atomic E-state index is 13.2. The van der Waals surface area contributed by atoms with Crippen molar-refractivity contribution in [3.63, 3.8) is 0 Å². The SMILES string of the molecule is Cc1ccc(S(=O)(=O)NN2C(=O)c3ccccc3NC23CCCCC3)cc1. The minimum absolute atomic E-state index is 0.144. The number of fused-ring (bicyclic) bond motifs is 1. The highest BCUT2D eigenvalue weighted by molar-refractivity contribution is 7.89. The second-order valence-electron chi connectivity index (χ2n) is 7.31. The van der Waals surface area contributed by atoms with Gasteiger partial charge in [0.2, 0.25) is 0 Å². The molecule has 0 bridgehead atoms. The van der Waals surface area contributed by atoms with Gasteiger partial charge in [-0.1, -0.05) is 36.2 Å². The Balaban J connectivity index is 1.74. The van der Waals surface area contributed by atoms with E-state index in [4.69, 9.17) is 0 Å². The number of hydrazine groups is 1. The summed E-state index contributed by atoms with van der Waals surface area (Å²) in [5.74, 6) is -0.318. The summed E-state index contributed by atoms with van der Waals surface area (Å²) in [6.07, 6.45) is 4.35. The highest BCUT2D eigenvalue weighted by Crippen LogP contribution is 2.39. The first-order chi connectivity index (χ1) is 12.9. The van der Waals surface area contributed by atoms with Gasteiger partial charge in [-0.2, -0.15) is 0 Å². The summed E-state index contributed by atoms with van der Waals surface area (Å²) in [4.78, 5) is 15.9. The fourth-order valence-corrected chi connectivity index (χ4v) is 5.00. The van der Waals surface area contributed by atoms with Crippen molar-refractivity contribution in [2.24, 2.45) is 0 Å². The van der Waals surface area contributed by atoms with Crippen molar-refractivity contribution in [2.75, 3.05) is 5.32 Å². The van der Waals surface area contributed by atoms with Crippen molar-refractivity contribution in [2.45, 2.75) is 49.6 Å². The molecule has 6 nitrogen and oxygen atoms in total. The first-order valence-electron chi connectivity index (χ1n) is 9.22. The third-order valence-electron chi connectivity index (χ3n) is 5.38. The van der Waals surface area contributed by atoms with Crippen LogP contribution in [0.2, 0.25) is 0 Å². The third kappa shape index (κ3) is 3.21. The van der Waals surface area contributed by atoms with Gasteiger partial charge in [-0.05, 0) is 56.9 Å². The van der Waals surface area contributed by atoms with E-state index in [9.17, 15) is 13.2 Å². The number of para-hydroxylation sites is 1. The Kier molecular flexibility index (Phi) is 4.44. The monoisotopic (exact) mass is 385 g/mol. The molecule has 7 heteroatoms. The van der Waals surface area contributed by atoms with E-state index in [0.717, 1.165) is 30.5 Å². The second kappa shape index (κ2) is 6.65. The lowest BCUT2D eigenvalue weighted by Gasteiger charge is -2.49. The number of aryl methyl sites for hydroxylation is 1. The molecule has 1 saturated carbocycles. The normalized spacial score (nSPS) is 18.9. The zero-order valence-corrected chi connectivity index (χ0v) is 16.1. The standard InChI is InChI=1S/C20H23N3O3S/c1-15-9-11-16(12-10-15)27(25,26)22-23-19(24)17-7-3-4-8-18(17)21-20(23)13-5-2-6-14-20/h3-4,7-12,21-22H,2,5-6,13-14H2,1H3. The van der Waals surface area contributed by atoms with E-state index in [0.29, 0.717) is 18.4 Å². The molecule has 1 amide bonds. The lowest BCUT2D eigenvalue weighted by molar-refractivity contribution is 0.0303. The zero-order chi connectivity index (χ0) is 19.1. The topological polar surface area (TPSA) is 78.5 Å². The molecule has 2 aromatic rings. The molecule has 2 aliphatic rings. The number of hydrogen-bond acceptors (Lipinski definition) is 4. The lowest BCUT2D eigenvalue weighted by atomic mass is 9.86. The molecule has 1 heterocycles. The van der Waals surface area contributed by atoms with Gasteiger partial charge in [0.05, 0.1) is 10.5 Å². The first kappa shape index (κ1) is 18.0. The van der Waals surface area contributed by atoms with E-state index in [-0.39, 0.29) is 10.8 Å². The Labute approximate surface area is 159 Å². The molecule has 0 unspecified atom stereocenters. The van der Waals surface area contributed by atoms with Gasteiger partial charge < -0.3 is 5.32 Å². The summed E-state index contributed by atoms with van der Waals surface area (Å²) in [7, 11) is -3.87. The van der Waals surface area contributed by atoms with E-state index < -0.39 is 15.7 Å².